The molecular formula is C12H8O3. The van der Waals surface area contributed by atoms with Crippen LogP contribution in [0, 0.1) is 0 Å². The van der Waals surface area contributed by atoms with E-state index < -0.39 is 0 Å². The minimum atomic E-state index is 1.000. The molecule has 0 aliphatic rings. The normalized spacial score (nSPS) is 10.7. The first kappa shape index (κ1) is 8.17. The summed E-state index contributed by atoms with van der Waals surface area (Å²) in [6.07, 6.45) is 10.1. The van der Waals surface area contributed by atoms with Gasteiger partial charge >= 0.3 is 0 Å². The van der Waals surface area contributed by atoms with Crippen LogP contribution in [0.4, 0.5) is 0 Å². The highest BCUT2D eigenvalue weighted by atomic mass is 16.3. The van der Waals surface area contributed by atoms with Gasteiger partial charge in [-0.3, -0.25) is 0 Å². The lowest BCUT2D eigenvalue weighted by molar-refractivity contribution is 0.564. The predicted octanol–water partition coefficient (Wildman–Crippen LogP) is 3.80. The van der Waals surface area contributed by atoms with Crippen LogP contribution in [-0.2, 0) is 0 Å². The molecule has 3 aromatic rings. The summed E-state index contributed by atoms with van der Waals surface area (Å²) in [6, 6.07) is 3.79. The molecule has 0 bridgehead atoms. The van der Waals surface area contributed by atoms with E-state index in [1.807, 2.05) is 12.1 Å². The number of hydrogen-bond donors (Lipinski definition) is 0. The van der Waals surface area contributed by atoms with Crippen molar-refractivity contribution in [1.29, 1.82) is 0 Å². The highest BCUT2D eigenvalue weighted by Crippen LogP contribution is 2.33. The fraction of sp³-hybridized carbons (Fsp3) is 0. The average molecular weight is 200 g/mol. The quantitative estimate of drug-likeness (QED) is 0.631. The van der Waals surface area contributed by atoms with E-state index in [0.29, 0.717) is 0 Å². The van der Waals surface area contributed by atoms with Gasteiger partial charge in [0.15, 0.2) is 0 Å². The lowest BCUT2D eigenvalue weighted by atomic mass is 10.0. The molecule has 0 saturated heterocycles. The first-order valence-electron chi connectivity index (χ1n) is 4.56. The highest BCUT2D eigenvalue weighted by molar-refractivity contribution is 5.81. The predicted molar refractivity (Wildman–Crippen MR) is 54.1 cm³/mol. The van der Waals surface area contributed by atoms with Crippen molar-refractivity contribution in [2.75, 3.05) is 0 Å². The van der Waals surface area contributed by atoms with Crippen molar-refractivity contribution in [2.24, 2.45) is 0 Å². The summed E-state index contributed by atoms with van der Waals surface area (Å²) in [5.74, 6) is 0. The molecule has 0 aromatic carbocycles. The minimum absolute atomic E-state index is 1.000. The molecular weight excluding hydrogens is 192 g/mol. The lowest BCUT2D eigenvalue weighted by Crippen LogP contribution is -1.73. The van der Waals surface area contributed by atoms with Crippen molar-refractivity contribution in [3.05, 3.63) is 49.7 Å². The van der Waals surface area contributed by atoms with Crippen LogP contribution in [0.3, 0.4) is 0 Å². The first-order chi connectivity index (χ1) is 7.45. The van der Waals surface area contributed by atoms with Crippen molar-refractivity contribution in [3.63, 3.8) is 0 Å². The molecule has 0 spiro atoms. The van der Waals surface area contributed by atoms with E-state index in [1.54, 1.807) is 37.6 Å². The fourth-order valence-corrected chi connectivity index (χ4v) is 1.58. The Kier molecular flexibility index (Phi) is 1.75. The second kappa shape index (κ2) is 3.20. The molecule has 0 unspecified atom stereocenters. The van der Waals surface area contributed by atoms with E-state index in [9.17, 15) is 0 Å². The Morgan fingerprint density at radius 1 is 0.600 bits per heavy atom. The molecule has 3 heteroatoms. The Morgan fingerprint density at radius 2 is 1.13 bits per heavy atom. The van der Waals surface area contributed by atoms with E-state index in [2.05, 4.69) is 0 Å². The second-order valence-corrected chi connectivity index (χ2v) is 3.22. The molecule has 0 aliphatic carbocycles. The Labute approximate surface area is 85.9 Å². The van der Waals surface area contributed by atoms with Gasteiger partial charge in [-0.1, -0.05) is 0 Å². The molecule has 74 valence electrons. The van der Waals surface area contributed by atoms with Crippen molar-refractivity contribution in [1.82, 2.24) is 0 Å². The Hall–Kier alpha value is -2.16. The third-order valence-corrected chi connectivity index (χ3v) is 2.33. The Morgan fingerprint density at radius 3 is 1.53 bits per heavy atom. The Bertz CT molecular complexity index is 480. The van der Waals surface area contributed by atoms with Gasteiger partial charge in [0.1, 0.15) is 0 Å². The SMILES string of the molecule is c1cc(-c2cocc2-c2ccoc2)co1. The van der Waals surface area contributed by atoms with E-state index in [0.717, 1.165) is 22.3 Å². The van der Waals surface area contributed by atoms with Crippen LogP contribution in [0.15, 0.2) is 63.0 Å². The summed E-state index contributed by atoms with van der Waals surface area (Å²) < 4.78 is 15.3. The smallest absolute Gasteiger partial charge is 0.0988 e. The molecule has 0 fully saturated rings. The van der Waals surface area contributed by atoms with Gasteiger partial charge in [0.25, 0.3) is 0 Å². The van der Waals surface area contributed by atoms with Crippen molar-refractivity contribution < 1.29 is 13.3 Å². The zero-order valence-electron chi connectivity index (χ0n) is 7.84. The van der Waals surface area contributed by atoms with Crippen molar-refractivity contribution >= 4 is 0 Å². The molecule has 3 nitrogen and oxygen atoms in total. The topological polar surface area (TPSA) is 39.4 Å². The van der Waals surface area contributed by atoms with Gasteiger partial charge in [0.05, 0.1) is 37.6 Å². The third kappa shape index (κ3) is 1.29. The fourth-order valence-electron chi connectivity index (χ4n) is 1.58. The van der Waals surface area contributed by atoms with Gasteiger partial charge in [-0.25, -0.2) is 0 Å². The van der Waals surface area contributed by atoms with Crippen LogP contribution in [-0.4, -0.2) is 0 Å². The average Bonchev–Trinajstić information content (AvgIpc) is 3.01. The van der Waals surface area contributed by atoms with E-state index in [1.165, 1.54) is 0 Å². The molecule has 0 atom stereocenters. The van der Waals surface area contributed by atoms with Crippen LogP contribution in [0.1, 0.15) is 0 Å². The zero-order chi connectivity index (χ0) is 10.1. The third-order valence-electron chi connectivity index (χ3n) is 2.33. The van der Waals surface area contributed by atoms with Gasteiger partial charge in [-0.05, 0) is 12.1 Å². The highest BCUT2D eigenvalue weighted by Gasteiger charge is 2.11. The summed E-state index contributed by atoms with van der Waals surface area (Å²) in [7, 11) is 0. The Balaban J connectivity index is 2.15. The van der Waals surface area contributed by atoms with Crippen LogP contribution in [0.2, 0.25) is 0 Å². The second-order valence-electron chi connectivity index (χ2n) is 3.22. The molecule has 3 aromatic heterocycles. The summed E-state index contributed by atoms with van der Waals surface area (Å²) in [4.78, 5) is 0. The van der Waals surface area contributed by atoms with Crippen molar-refractivity contribution in [3.8, 4) is 22.3 Å². The van der Waals surface area contributed by atoms with Crippen LogP contribution in [0.5, 0.6) is 0 Å². The minimum Gasteiger partial charge on any atom is -0.472 e. The van der Waals surface area contributed by atoms with Crippen LogP contribution < -0.4 is 0 Å². The zero-order valence-corrected chi connectivity index (χ0v) is 7.84. The van der Waals surface area contributed by atoms with E-state index >= 15 is 0 Å². The van der Waals surface area contributed by atoms with Crippen LogP contribution >= 0.6 is 0 Å². The van der Waals surface area contributed by atoms with Gasteiger partial charge < -0.3 is 13.3 Å². The monoisotopic (exact) mass is 200 g/mol. The lowest BCUT2D eigenvalue weighted by Gasteiger charge is -1.95. The summed E-state index contributed by atoms with van der Waals surface area (Å²) in [5, 5.41) is 0. The first-order valence-corrected chi connectivity index (χ1v) is 4.56. The molecule has 0 aliphatic heterocycles. The van der Waals surface area contributed by atoms with E-state index in [-0.39, 0.29) is 0 Å². The maximum Gasteiger partial charge on any atom is 0.0988 e. The molecule has 3 heterocycles. The molecule has 0 radical (unpaired) electrons. The molecule has 0 amide bonds. The van der Waals surface area contributed by atoms with Crippen molar-refractivity contribution in [2.45, 2.75) is 0 Å². The van der Waals surface area contributed by atoms with Gasteiger partial charge in [0.2, 0.25) is 0 Å². The van der Waals surface area contributed by atoms with Gasteiger partial charge in [-0.2, -0.15) is 0 Å². The summed E-state index contributed by atoms with van der Waals surface area (Å²) >= 11 is 0. The summed E-state index contributed by atoms with van der Waals surface area (Å²) in [5.41, 5.74) is 4.01. The standard InChI is InChI=1S/C12H8O3/c1-3-13-5-9(1)11-7-15-8-12(11)10-2-4-14-6-10/h1-8H. The molecule has 0 N–H and O–H groups in total. The number of rotatable bonds is 2. The largest absolute Gasteiger partial charge is 0.472 e. The number of furan rings is 3. The van der Waals surface area contributed by atoms with Gasteiger partial charge in [0, 0.05) is 22.3 Å². The van der Waals surface area contributed by atoms with E-state index in [4.69, 9.17) is 13.3 Å². The summed E-state index contributed by atoms with van der Waals surface area (Å²) in [6.45, 7) is 0. The molecule has 0 saturated carbocycles. The number of hydrogen-bond acceptors (Lipinski definition) is 3. The maximum atomic E-state index is 5.21. The molecule has 3 rings (SSSR count). The van der Waals surface area contributed by atoms with Crippen LogP contribution in [0.25, 0.3) is 22.3 Å². The van der Waals surface area contributed by atoms with Gasteiger partial charge in [-0.15, -0.1) is 0 Å². The maximum absolute atomic E-state index is 5.21. The molecule has 15 heavy (non-hydrogen) atoms.